The quantitative estimate of drug-likeness (QED) is 0.171. The Morgan fingerprint density at radius 1 is 0.636 bits per heavy atom. The summed E-state index contributed by atoms with van der Waals surface area (Å²) in [7, 11) is 0. The number of benzene rings is 5. The molecule has 0 saturated carbocycles. The summed E-state index contributed by atoms with van der Waals surface area (Å²) in [5.41, 5.74) is 11.1. The summed E-state index contributed by atoms with van der Waals surface area (Å²) < 4.78 is 1.33. The van der Waals surface area contributed by atoms with E-state index in [0.717, 1.165) is 64.3 Å². The van der Waals surface area contributed by atoms with E-state index in [9.17, 15) is 0 Å². The molecule has 10 rings (SSSR count). The number of allylic oxidation sites excluding steroid dienone is 5. The maximum atomic E-state index is 5.34. The van der Waals surface area contributed by atoms with Crippen molar-refractivity contribution < 1.29 is 0 Å². The van der Waals surface area contributed by atoms with Gasteiger partial charge < -0.3 is 5.32 Å². The first-order chi connectivity index (χ1) is 27.2. The number of hydrogen-bond donors (Lipinski definition) is 2. The van der Waals surface area contributed by atoms with Gasteiger partial charge in [0.1, 0.15) is 18.2 Å². The van der Waals surface area contributed by atoms with Gasteiger partial charge in [-0.25, -0.2) is 15.0 Å². The van der Waals surface area contributed by atoms with Gasteiger partial charge in [-0.2, -0.15) is 0 Å². The van der Waals surface area contributed by atoms with Crippen LogP contribution in [0.15, 0.2) is 169 Å². The van der Waals surface area contributed by atoms with E-state index in [1.165, 1.54) is 31.7 Å². The van der Waals surface area contributed by atoms with E-state index in [1.807, 2.05) is 23.5 Å². The average molecular weight is 730 g/mol. The molecule has 5 aromatic carbocycles. The molecule has 3 atom stereocenters. The van der Waals surface area contributed by atoms with Gasteiger partial charge in [0.2, 0.25) is 0 Å². The van der Waals surface area contributed by atoms with Gasteiger partial charge in [0, 0.05) is 32.2 Å². The van der Waals surface area contributed by atoms with Crippen molar-refractivity contribution in [1.82, 2.24) is 20.6 Å². The van der Waals surface area contributed by atoms with Crippen LogP contribution in [0.1, 0.15) is 69.5 Å². The number of aliphatic imine (C=N–C) groups is 1. The molecule has 55 heavy (non-hydrogen) atoms. The number of nitrogens with zero attached hydrogens (tertiary/aromatic N) is 3. The van der Waals surface area contributed by atoms with E-state index in [1.54, 1.807) is 0 Å². The number of thiophene rings is 1. The molecule has 2 aliphatic carbocycles. The van der Waals surface area contributed by atoms with Gasteiger partial charge in [0.15, 0.2) is 5.82 Å². The van der Waals surface area contributed by atoms with E-state index in [4.69, 9.17) is 15.0 Å². The molecule has 0 amide bonds. The highest BCUT2D eigenvalue weighted by Gasteiger charge is 2.27. The molecule has 0 fully saturated rings. The zero-order valence-electron chi connectivity index (χ0n) is 30.3. The third kappa shape index (κ3) is 6.76. The fourth-order valence-electron chi connectivity index (χ4n) is 7.87. The van der Waals surface area contributed by atoms with Crippen LogP contribution in [0.5, 0.6) is 0 Å². The average Bonchev–Trinajstić information content (AvgIpc) is 3.65. The van der Waals surface area contributed by atoms with Crippen LogP contribution in [0.25, 0.3) is 44.4 Å². The highest BCUT2D eigenvalue weighted by atomic mass is 32.1. The molecule has 3 unspecified atom stereocenters. The maximum Gasteiger partial charge on any atom is 0.160 e. The number of amidine groups is 1. The largest absolute Gasteiger partial charge is 0.350 e. The first kappa shape index (κ1) is 33.4. The van der Waals surface area contributed by atoms with Gasteiger partial charge in [-0.1, -0.05) is 152 Å². The van der Waals surface area contributed by atoms with Crippen LogP contribution in [-0.4, -0.2) is 15.8 Å². The molecule has 266 valence electrons. The fourth-order valence-corrected chi connectivity index (χ4v) is 9.12. The highest BCUT2D eigenvalue weighted by molar-refractivity contribution is 7.19. The second-order valence-electron chi connectivity index (χ2n) is 14.3. The van der Waals surface area contributed by atoms with E-state index in [0.29, 0.717) is 5.82 Å². The lowest BCUT2D eigenvalue weighted by molar-refractivity contribution is 0.409. The Labute approximate surface area is 325 Å². The van der Waals surface area contributed by atoms with Crippen molar-refractivity contribution in [3.05, 3.63) is 202 Å². The summed E-state index contributed by atoms with van der Waals surface area (Å²) in [4.78, 5) is 17.2. The van der Waals surface area contributed by atoms with Crippen LogP contribution < -0.4 is 10.6 Å². The lowest BCUT2D eigenvalue weighted by atomic mass is 9.90. The molecule has 7 aromatic rings. The Morgan fingerprint density at radius 3 is 2.24 bits per heavy atom. The predicted molar refractivity (Wildman–Crippen MR) is 228 cm³/mol. The van der Waals surface area contributed by atoms with Crippen molar-refractivity contribution >= 4 is 38.9 Å². The third-order valence-corrected chi connectivity index (χ3v) is 12.0. The van der Waals surface area contributed by atoms with Crippen LogP contribution in [0.2, 0.25) is 0 Å². The Kier molecular flexibility index (Phi) is 8.83. The summed E-state index contributed by atoms with van der Waals surface area (Å²) >= 11 is 1.90. The van der Waals surface area contributed by atoms with Crippen LogP contribution in [0.4, 0.5) is 0 Å². The SMILES string of the molecule is C1=CC(c2ccc(-c3cc(C4C=Cc5c(sc6ccccc56)C4)nc(-c4cccc(C5N=C(c6ccccc6)NC(c6ccccc6)N5)c4)n3)cc2)=CCC1. The first-order valence-electron chi connectivity index (χ1n) is 19.1. The number of nitrogens with one attached hydrogen (secondary N) is 2. The third-order valence-electron chi connectivity index (χ3n) is 10.8. The molecular weight excluding hydrogens is 691 g/mol. The minimum atomic E-state index is -0.285. The monoisotopic (exact) mass is 729 g/mol. The standard InChI is InChI=1S/C49H39N5S/c1-4-13-32(14-5-1)33-23-25-34(26-24-33)42-31-43(37-27-28-41-40-21-10-11-22-44(40)55-45(41)30-37)51-48(50-42)38-19-12-20-39(29-38)49-53-46(35-15-6-2-7-16-35)52-47(54-49)36-17-8-3-9-18-36/h2-4,6-29,31,37,46,49,53H,1,5,30H2,(H,52,54). The fraction of sp³-hybridized carbons (Fsp3) is 0.122. The molecule has 0 saturated heterocycles. The lowest BCUT2D eigenvalue weighted by Crippen LogP contribution is -2.44. The van der Waals surface area contributed by atoms with Crippen molar-refractivity contribution in [3.8, 4) is 22.6 Å². The Balaban J connectivity index is 1.04. The molecule has 2 aromatic heterocycles. The van der Waals surface area contributed by atoms with Crippen LogP contribution in [-0.2, 0) is 6.42 Å². The summed E-state index contributed by atoms with van der Waals surface area (Å²) in [6, 6.07) is 49.2. The molecule has 0 radical (unpaired) electrons. The van der Waals surface area contributed by atoms with Crippen LogP contribution >= 0.6 is 11.3 Å². The number of fused-ring (bicyclic) bond motifs is 3. The second kappa shape index (κ2) is 14.6. The van der Waals surface area contributed by atoms with Gasteiger partial charge >= 0.3 is 0 Å². The topological polar surface area (TPSA) is 62.2 Å². The van der Waals surface area contributed by atoms with Crippen molar-refractivity contribution in [2.75, 3.05) is 0 Å². The number of hydrogen-bond acceptors (Lipinski definition) is 6. The smallest absolute Gasteiger partial charge is 0.160 e. The van der Waals surface area contributed by atoms with Crippen molar-refractivity contribution in [1.29, 1.82) is 0 Å². The maximum absolute atomic E-state index is 5.34. The van der Waals surface area contributed by atoms with Crippen molar-refractivity contribution in [2.24, 2.45) is 4.99 Å². The van der Waals surface area contributed by atoms with Gasteiger partial charge in [0.25, 0.3) is 0 Å². The van der Waals surface area contributed by atoms with Gasteiger partial charge in [-0.05, 0) is 70.7 Å². The van der Waals surface area contributed by atoms with Gasteiger partial charge in [-0.3, -0.25) is 5.32 Å². The summed E-state index contributed by atoms with van der Waals surface area (Å²) in [6.07, 6.45) is 14.2. The van der Waals surface area contributed by atoms with E-state index >= 15 is 0 Å². The zero-order chi connectivity index (χ0) is 36.6. The van der Waals surface area contributed by atoms with E-state index in [-0.39, 0.29) is 18.2 Å². The van der Waals surface area contributed by atoms with E-state index < -0.39 is 0 Å². The number of aromatic nitrogens is 2. The van der Waals surface area contributed by atoms with Crippen LogP contribution in [0.3, 0.4) is 0 Å². The molecule has 1 aliphatic heterocycles. The van der Waals surface area contributed by atoms with Crippen molar-refractivity contribution in [2.45, 2.75) is 37.5 Å². The summed E-state index contributed by atoms with van der Waals surface area (Å²) in [5, 5.41) is 8.74. The highest BCUT2D eigenvalue weighted by Crippen LogP contribution is 2.40. The molecule has 2 N–H and O–H groups in total. The normalized spacial score (nSPS) is 19.0. The number of rotatable bonds is 7. The first-order valence-corrected chi connectivity index (χ1v) is 19.9. The summed E-state index contributed by atoms with van der Waals surface area (Å²) in [5.74, 6) is 1.71. The minimum Gasteiger partial charge on any atom is -0.350 e. The Morgan fingerprint density at radius 2 is 1.40 bits per heavy atom. The second-order valence-corrected chi connectivity index (χ2v) is 15.5. The summed E-state index contributed by atoms with van der Waals surface area (Å²) in [6.45, 7) is 0. The molecule has 3 heterocycles. The van der Waals surface area contributed by atoms with E-state index in [2.05, 4.69) is 168 Å². The molecule has 5 nitrogen and oxygen atoms in total. The predicted octanol–water partition coefficient (Wildman–Crippen LogP) is 11.4. The molecule has 0 spiro atoms. The van der Waals surface area contributed by atoms with Gasteiger partial charge in [0.05, 0.1) is 11.4 Å². The lowest BCUT2D eigenvalue weighted by Gasteiger charge is -2.32. The Hall–Kier alpha value is -6.21. The molecule has 0 bridgehead atoms. The minimum absolute atomic E-state index is 0.117. The molecule has 3 aliphatic rings. The molecule has 6 heteroatoms. The van der Waals surface area contributed by atoms with Crippen molar-refractivity contribution in [3.63, 3.8) is 0 Å². The van der Waals surface area contributed by atoms with Crippen LogP contribution in [0, 0.1) is 0 Å². The van der Waals surface area contributed by atoms with Gasteiger partial charge in [-0.15, -0.1) is 11.3 Å². The Bertz CT molecular complexity index is 2640. The zero-order valence-corrected chi connectivity index (χ0v) is 31.1. The molecular formula is C49H39N5S.